The third-order valence-electron chi connectivity index (χ3n) is 5.76. The molecule has 0 fully saturated rings. The van der Waals surface area contributed by atoms with Crippen LogP contribution in [-0.4, -0.2) is 47.0 Å². The number of ether oxygens (including phenoxy) is 1. The van der Waals surface area contributed by atoms with Gasteiger partial charge >= 0.3 is 6.09 Å². The van der Waals surface area contributed by atoms with Crippen LogP contribution in [0.25, 0.3) is 0 Å². The van der Waals surface area contributed by atoms with Crippen molar-refractivity contribution in [2.24, 2.45) is 5.92 Å². The molecule has 7 nitrogen and oxygen atoms in total. The Labute approximate surface area is 217 Å². The number of terminal acetylenes is 1. The van der Waals surface area contributed by atoms with E-state index < -0.39 is 17.7 Å². The van der Waals surface area contributed by atoms with Crippen molar-refractivity contribution >= 4 is 17.9 Å². The quantitative estimate of drug-likeness (QED) is 0.387. The van der Waals surface area contributed by atoms with Crippen molar-refractivity contribution in [3.8, 4) is 12.3 Å². The van der Waals surface area contributed by atoms with Crippen LogP contribution in [0.4, 0.5) is 4.79 Å². The van der Waals surface area contributed by atoms with E-state index in [-0.39, 0.29) is 30.4 Å². The molecule has 0 saturated carbocycles. The van der Waals surface area contributed by atoms with E-state index in [1.54, 1.807) is 37.8 Å². The molecular weight excluding hydrogens is 454 g/mol. The summed E-state index contributed by atoms with van der Waals surface area (Å²) in [4.78, 5) is 41.2. The van der Waals surface area contributed by atoms with Gasteiger partial charge in [-0.15, -0.1) is 6.42 Å². The average Bonchev–Trinajstić information content (AvgIpc) is 2.78. The van der Waals surface area contributed by atoms with Crippen molar-refractivity contribution in [2.45, 2.75) is 105 Å². The first-order chi connectivity index (χ1) is 16.8. The molecule has 0 aliphatic carbocycles. The zero-order valence-electron chi connectivity index (χ0n) is 23.3. The van der Waals surface area contributed by atoms with E-state index in [9.17, 15) is 14.4 Å². The molecule has 0 spiro atoms. The van der Waals surface area contributed by atoms with Crippen molar-refractivity contribution < 1.29 is 19.1 Å². The molecule has 200 valence electrons. The fraction of sp³-hybridized carbons (Fsp3) is 0.621. The first kappa shape index (κ1) is 31.0. The van der Waals surface area contributed by atoms with Gasteiger partial charge < -0.3 is 20.3 Å². The van der Waals surface area contributed by atoms with Crippen LogP contribution in [0, 0.1) is 18.3 Å². The molecule has 0 bridgehead atoms. The Kier molecular flexibility index (Phi) is 12.5. The Hall–Kier alpha value is -3.01. The lowest BCUT2D eigenvalue weighted by molar-refractivity contribution is -0.143. The molecule has 1 rings (SSSR count). The molecule has 0 heterocycles. The Morgan fingerprint density at radius 2 is 1.69 bits per heavy atom. The highest BCUT2D eigenvalue weighted by Gasteiger charge is 2.36. The third-order valence-corrected chi connectivity index (χ3v) is 5.76. The van der Waals surface area contributed by atoms with Gasteiger partial charge in [0.2, 0.25) is 11.8 Å². The van der Waals surface area contributed by atoms with Gasteiger partial charge in [0.05, 0.1) is 0 Å². The van der Waals surface area contributed by atoms with Crippen LogP contribution in [0.2, 0.25) is 0 Å². The van der Waals surface area contributed by atoms with E-state index in [0.717, 1.165) is 19.3 Å². The number of amides is 3. The summed E-state index contributed by atoms with van der Waals surface area (Å²) in [7, 11) is 0. The van der Waals surface area contributed by atoms with E-state index in [0.29, 0.717) is 23.5 Å². The lowest BCUT2D eigenvalue weighted by atomic mass is 9.94. The largest absolute Gasteiger partial charge is 0.444 e. The summed E-state index contributed by atoms with van der Waals surface area (Å²) >= 11 is 0. The summed E-state index contributed by atoms with van der Waals surface area (Å²) in [5.41, 5.74) is 0.444. The lowest BCUT2D eigenvalue weighted by Gasteiger charge is -2.37. The van der Waals surface area contributed by atoms with Crippen LogP contribution in [0.1, 0.15) is 98.2 Å². The summed E-state index contributed by atoms with van der Waals surface area (Å²) in [6.07, 6.45) is 8.40. The SMILES string of the molecule is C#Cc1ccccc1C(C(=O)NC(C)CCC)N(C(=O)CNC(=O)OC(C)(C)C)C(C)CCC(C)C. The molecule has 7 heteroatoms. The Morgan fingerprint density at radius 3 is 2.25 bits per heavy atom. The molecule has 1 aromatic rings. The Balaban J connectivity index is 3.44. The maximum absolute atomic E-state index is 13.7. The molecule has 2 N–H and O–H groups in total. The predicted molar refractivity (Wildman–Crippen MR) is 144 cm³/mol. The summed E-state index contributed by atoms with van der Waals surface area (Å²) in [6, 6.07) is 5.91. The van der Waals surface area contributed by atoms with E-state index in [4.69, 9.17) is 11.2 Å². The number of hydrogen-bond donors (Lipinski definition) is 2. The van der Waals surface area contributed by atoms with Gasteiger partial charge in [-0.2, -0.15) is 0 Å². The molecule has 0 saturated heterocycles. The third kappa shape index (κ3) is 10.3. The number of nitrogens with zero attached hydrogens (tertiary/aromatic N) is 1. The highest BCUT2D eigenvalue weighted by Crippen LogP contribution is 2.29. The lowest BCUT2D eigenvalue weighted by Crippen LogP contribution is -2.52. The minimum absolute atomic E-state index is 0.0641. The zero-order valence-corrected chi connectivity index (χ0v) is 23.3. The second-order valence-electron chi connectivity index (χ2n) is 10.8. The second kappa shape index (κ2) is 14.5. The number of carbonyl (C=O) groups excluding carboxylic acids is 3. The van der Waals surface area contributed by atoms with Crippen molar-refractivity contribution in [3.63, 3.8) is 0 Å². The fourth-order valence-electron chi connectivity index (χ4n) is 4.02. The Bertz CT molecular complexity index is 914. The second-order valence-corrected chi connectivity index (χ2v) is 10.8. The van der Waals surface area contributed by atoms with Gasteiger partial charge in [0.25, 0.3) is 0 Å². The van der Waals surface area contributed by atoms with Crippen LogP contribution in [0.3, 0.4) is 0 Å². The normalized spacial score (nSPS) is 13.8. The number of carbonyl (C=O) groups is 3. The highest BCUT2D eigenvalue weighted by atomic mass is 16.6. The molecule has 3 atom stereocenters. The predicted octanol–water partition coefficient (Wildman–Crippen LogP) is 5.19. The molecule has 0 radical (unpaired) electrons. The van der Waals surface area contributed by atoms with Gasteiger partial charge in [-0.1, -0.05) is 51.3 Å². The van der Waals surface area contributed by atoms with Crippen molar-refractivity contribution in [1.82, 2.24) is 15.5 Å². The van der Waals surface area contributed by atoms with Crippen LogP contribution in [0.15, 0.2) is 24.3 Å². The first-order valence-electron chi connectivity index (χ1n) is 12.9. The van der Waals surface area contributed by atoms with Gasteiger partial charge in [-0.3, -0.25) is 9.59 Å². The average molecular weight is 500 g/mol. The van der Waals surface area contributed by atoms with Crippen LogP contribution >= 0.6 is 0 Å². The van der Waals surface area contributed by atoms with E-state index in [1.165, 1.54) is 0 Å². The molecule has 36 heavy (non-hydrogen) atoms. The molecule has 0 aromatic heterocycles. The topological polar surface area (TPSA) is 87.7 Å². The number of nitrogens with one attached hydrogen (secondary N) is 2. The van der Waals surface area contributed by atoms with Crippen molar-refractivity contribution in [1.29, 1.82) is 0 Å². The van der Waals surface area contributed by atoms with Gasteiger partial charge in [-0.05, 0) is 71.4 Å². The number of alkyl carbamates (subject to hydrolysis) is 1. The Morgan fingerprint density at radius 1 is 1.06 bits per heavy atom. The molecule has 1 aromatic carbocycles. The van der Waals surface area contributed by atoms with Crippen LogP contribution in [-0.2, 0) is 14.3 Å². The molecule has 3 unspecified atom stereocenters. The van der Waals surface area contributed by atoms with Gasteiger partial charge in [0.15, 0.2) is 0 Å². The van der Waals surface area contributed by atoms with E-state index in [1.807, 2.05) is 26.0 Å². The minimum atomic E-state index is -0.938. The summed E-state index contributed by atoms with van der Waals surface area (Å²) in [5, 5.41) is 5.62. The van der Waals surface area contributed by atoms with Gasteiger partial charge in [-0.25, -0.2) is 4.79 Å². The van der Waals surface area contributed by atoms with Crippen molar-refractivity contribution in [3.05, 3.63) is 35.4 Å². The molecular formula is C29H45N3O4. The highest BCUT2D eigenvalue weighted by molar-refractivity contribution is 5.91. The van der Waals surface area contributed by atoms with Gasteiger partial charge in [0.1, 0.15) is 18.2 Å². The standard InChI is InChI=1S/C29H45N3O4/c1-10-14-21(5)31-27(34)26(24-16-13-12-15-23(24)11-2)32(22(6)18-17-20(3)4)25(33)19-30-28(35)36-29(7,8)9/h2,12-13,15-16,20-22,26H,10,14,17-19H2,1,3-9H3,(H,30,35)(H,31,34). The van der Waals surface area contributed by atoms with Gasteiger partial charge in [0, 0.05) is 17.6 Å². The number of benzene rings is 1. The smallest absolute Gasteiger partial charge is 0.408 e. The monoisotopic (exact) mass is 499 g/mol. The molecule has 0 aliphatic heterocycles. The van der Waals surface area contributed by atoms with Crippen LogP contribution < -0.4 is 10.6 Å². The van der Waals surface area contributed by atoms with E-state index in [2.05, 4.69) is 37.3 Å². The van der Waals surface area contributed by atoms with E-state index >= 15 is 0 Å². The molecule has 3 amide bonds. The maximum atomic E-state index is 13.7. The summed E-state index contributed by atoms with van der Waals surface area (Å²) in [5.74, 6) is 2.42. The number of hydrogen-bond acceptors (Lipinski definition) is 4. The summed E-state index contributed by atoms with van der Waals surface area (Å²) < 4.78 is 5.29. The van der Waals surface area contributed by atoms with Crippen LogP contribution in [0.5, 0.6) is 0 Å². The fourth-order valence-corrected chi connectivity index (χ4v) is 4.02. The van der Waals surface area contributed by atoms with Crippen molar-refractivity contribution in [2.75, 3.05) is 6.54 Å². The first-order valence-corrected chi connectivity index (χ1v) is 12.9. The minimum Gasteiger partial charge on any atom is -0.444 e. The number of rotatable bonds is 12. The molecule has 0 aliphatic rings. The summed E-state index contributed by atoms with van der Waals surface area (Å²) in [6.45, 7) is 15.1. The zero-order chi connectivity index (χ0) is 27.5. The maximum Gasteiger partial charge on any atom is 0.408 e.